The summed E-state index contributed by atoms with van der Waals surface area (Å²) in [5, 5.41) is 8.74. The highest BCUT2D eigenvalue weighted by molar-refractivity contribution is 5.87. The molecule has 1 rings (SSSR count). The molecule has 1 N–H and O–H groups in total. The van der Waals surface area contributed by atoms with E-state index in [1.54, 1.807) is 24.3 Å². The molecule has 3 heteroatoms. The van der Waals surface area contributed by atoms with Crippen molar-refractivity contribution in [3.63, 3.8) is 0 Å². The first kappa shape index (κ1) is 13.6. The quantitative estimate of drug-likeness (QED) is 0.736. The monoisotopic (exact) mass is 236 g/mol. The van der Waals surface area contributed by atoms with Crippen LogP contribution in [0, 0.1) is 5.92 Å². The fourth-order valence-corrected chi connectivity index (χ4v) is 1.52. The third kappa shape index (κ3) is 4.89. The Hall–Kier alpha value is -1.51. The van der Waals surface area contributed by atoms with Gasteiger partial charge in [0.2, 0.25) is 0 Å². The number of ether oxygens (including phenoxy) is 1. The summed E-state index contributed by atoms with van der Waals surface area (Å²) in [4.78, 5) is 10.6. The molecule has 94 valence electrons. The van der Waals surface area contributed by atoms with Crippen molar-refractivity contribution in [2.24, 2.45) is 5.92 Å². The number of carboxylic acid groups (broad SMARTS) is 1. The Morgan fingerprint density at radius 3 is 2.53 bits per heavy atom. The summed E-state index contributed by atoms with van der Waals surface area (Å²) in [6, 6.07) is 6.53. The Balaban J connectivity index is 2.30. The minimum absolute atomic E-state index is 0.289. The van der Waals surface area contributed by atoms with E-state index in [0.717, 1.165) is 18.1 Å². The molecule has 0 heterocycles. The minimum atomic E-state index is -0.909. The average Bonchev–Trinajstić information content (AvgIpc) is 2.34. The highest BCUT2D eigenvalue weighted by atomic mass is 16.5. The molecule has 0 unspecified atom stereocenters. The second kappa shape index (κ2) is 6.94. The molecule has 1 aromatic carbocycles. The fourth-order valence-electron chi connectivity index (χ4n) is 1.52. The van der Waals surface area contributed by atoms with Crippen LogP contribution >= 0.6 is 0 Å². The van der Waals surface area contributed by atoms with E-state index in [-0.39, 0.29) is 5.56 Å². The van der Waals surface area contributed by atoms with Crippen molar-refractivity contribution in [2.75, 3.05) is 6.61 Å². The summed E-state index contributed by atoms with van der Waals surface area (Å²) in [5.74, 6) is 0.570. The summed E-state index contributed by atoms with van der Waals surface area (Å²) in [6.07, 6.45) is 3.41. The maximum Gasteiger partial charge on any atom is 0.335 e. The van der Waals surface area contributed by atoms with Crippen molar-refractivity contribution in [1.29, 1.82) is 0 Å². The van der Waals surface area contributed by atoms with Crippen LogP contribution in [0.15, 0.2) is 24.3 Å². The van der Waals surface area contributed by atoms with Gasteiger partial charge in [0.15, 0.2) is 0 Å². The second-order valence-electron chi connectivity index (χ2n) is 4.33. The first-order valence-corrected chi connectivity index (χ1v) is 6.09. The molecule has 0 aliphatic rings. The number of benzene rings is 1. The van der Waals surface area contributed by atoms with Gasteiger partial charge in [-0.2, -0.15) is 0 Å². The number of hydrogen-bond donors (Lipinski definition) is 1. The van der Waals surface area contributed by atoms with Crippen LogP contribution in [-0.2, 0) is 0 Å². The second-order valence-corrected chi connectivity index (χ2v) is 4.33. The minimum Gasteiger partial charge on any atom is -0.494 e. The predicted molar refractivity (Wildman–Crippen MR) is 67.6 cm³/mol. The zero-order valence-corrected chi connectivity index (χ0v) is 10.5. The van der Waals surface area contributed by atoms with Crippen molar-refractivity contribution in [1.82, 2.24) is 0 Å². The standard InChI is InChI=1S/C14H20O3/c1-3-11(2)5-4-10-17-13-8-6-12(7-9-13)14(15)16/h6-9,11H,3-5,10H2,1-2H3,(H,15,16)/t11-/m0/s1. The Morgan fingerprint density at radius 1 is 1.35 bits per heavy atom. The molecule has 0 saturated heterocycles. The lowest BCUT2D eigenvalue weighted by Crippen LogP contribution is -2.01. The van der Waals surface area contributed by atoms with Crippen LogP contribution in [0.25, 0.3) is 0 Å². The van der Waals surface area contributed by atoms with Gasteiger partial charge in [-0.05, 0) is 43.0 Å². The van der Waals surface area contributed by atoms with Gasteiger partial charge in [0, 0.05) is 0 Å². The summed E-state index contributed by atoms with van der Waals surface area (Å²) in [6.45, 7) is 5.12. The summed E-state index contributed by atoms with van der Waals surface area (Å²) in [7, 11) is 0. The Morgan fingerprint density at radius 2 is 2.00 bits per heavy atom. The smallest absolute Gasteiger partial charge is 0.335 e. The molecule has 0 aromatic heterocycles. The lowest BCUT2D eigenvalue weighted by atomic mass is 10.0. The normalized spacial score (nSPS) is 12.1. The molecule has 0 bridgehead atoms. The topological polar surface area (TPSA) is 46.5 Å². The lowest BCUT2D eigenvalue weighted by Gasteiger charge is -2.09. The number of rotatable bonds is 7. The van der Waals surface area contributed by atoms with Crippen LogP contribution in [0.3, 0.4) is 0 Å². The SMILES string of the molecule is CC[C@H](C)CCCOc1ccc(C(=O)O)cc1. The molecule has 0 aliphatic carbocycles. The maximum atomic E-state index is 10.6. The van der Waals surface area contributed by atoms with E-state index >= 15 is 0 Å². The van der Waals surface area contributed by atoms with Crippen LogP contribution in [-0.4, -0.2) is 17.7 Å². The van der Waals surface area contributed by atoms with Gasteiger partial charge >= 0.3 is 5.97 Å². The van der Waals surface area contributed by atoms with E-state index in [9.17, 15) is 4.79 Å². The Bertz CT molecular complexity index is 343. The van der Waals surface area contributed by atoms with E-state index in [0.29, 0.717) is 6.61 Å². The Kier molecular flexibility index (Phi) is 5.53. The lowest BCUT2D eigenvalue weighted by molar-refractivity contribution is 0.0697. The van der Waals surface area contributed by atoms with Gasteiger partial charge in [0.05, 0.1) is 12.2 Å². The summed E-state index contributed by atoms with van der Waals surface area (Å²) < 4.78 is 5.54. The van der Waals surface area contributed by atoms with Gasteiger partial charge in [-0.3, -0.25) is 0 Å². The fraction of sp³-hybridized carbons (Fsp3) is 0.500. The van der Waals surface area contributed by atoms with Gasteiger partial charge in [0.25, 0.3) is 0 Å². The van der Waals surface area contributed by atoms with Gasteiger partial charge in [-0.1, -0.05) is 20.3 Å². The summed E-state index contributed by atoms with van der Waals surface area (Å²) in [5.41, 5.74) is 0.289. The van der Waals surface area contributed by atoms with Gasteiger partial charge in [-0.15, -0.1) is 0 Å². The predicted octanol–water partition coefficient (Wildman–Crippen LogP) is 3.59. The van der Waals surface area contributed by atoms with Crippen molar-refractivity contribution in [3.8, 4) is 5.75 Å². The largest absolute Gasteiger partial charge is 0.494 e. The first-order valence-electron chi connectivity index (χ1n) is 6.09. The van der Waals surface area contributed by atoms with Crippen molar-refractivity contribution >= 4 is 5.97 Å². The molecular weight excluding hydrogens is 216 g/mol. The van der Waals surface area contributed by atoms with Gasteiger partial charge in [0.1, 0.15) is 5.75 Å². The zero-order valence-electron chi connectivity index (χ0n) is 10.5. The van der Waals surface area contributed by atoms with Crippen LogP contribution in [0.5, 0.6) is 5.75 Å². The van der Waals surface area contributed by atoms with Crippen molar-refractivity contribution in [3.05, 3.63) is 29.8 Å². The molecule has 0 radical (unpaired) electrons. The molecule has 3 nitrogen and oxygen atoms in total. The van der Waals surface area contributed by atoms with E-state index < -0.39 is 5.97 Å². The number of carbonyl (C=O) groups is 1. The molecule has 17 heavy (non-hydrogen) atoms. The maximum absolute atomic E-state index is 10.6. The molecule has 0 spiro atoms. The van der Waals surface area contributed by atoms with E-state index in [2.05, 4.69) is 13.8 Å². The summed E-state index contributed by atoms with van der Waals surface area (Å²) >= 11 is 0. The molecule has 0 saturated carbocycles. The third-order valence-corrected chi connectivity index (χ3v) is 2.91. The number of aromatic carboxylic acids is 1. The highest BCUT2D eigenvalue weighted by Gasteiger charge is 2.02. The van der Waals surface area contributed by atoms with Gasteiger partial charge < -0.3 is 9.84 Å². The molecular formula is C14H20O3. The zero-order chi connectivity index (χ0) is 12.7. The highest BCUT2D eigenvalue weighted by Crippen LogP contribution is 2.14. The van der Waals surface area contributed by atoms with E-state index in [1.165, 1.54) is 12.8 Å². The van der Waals surface area contributed by atoms with Crippen LogP contribution < -0.4 is 4.74 Å². The van der Waals surface area contributed by atoms with Gasteiger partial charge in [-0.25, -0.2) is 4.79 Å². The van der Waals surface area contributed by atoms with E-state index in [4.69, 9.17) is 9.84 Å². The molecule has 0 aliphatic heterocycles. The first-order chi connectivity index (χ1) is 8.13. The van der Waals surface area contributed by atoms with E-state index in [1.807, 2.05) is 0 Å². The number of carboxylic acids is 1. The average molecular weight is 236 g/mol. The van der Waals surface area contributed by atoms with Crippen molar-refractivity contribution in [2.45, 2.75) is 33.1 Å². The molecule has 1 atom stereocenters. The van der Waals surface area contributed by atoms with Crippen molar-refractivity contribution < 1.29 is 14.6 Å². The third-order valence-electron chi connectivity index (χ3n) is 2.91. The molecule has 1 aromatic rings. The Labute approximate surface area is 102 Å². The number of hydrogen-bond acceptors (Lipinski definition) is 2. The molecule has 0 fully saturated rings. The molecule has 0 amide bonds. The van der Waals surface area contributed by atoms with Crippen LogP contribution in [0.1, 0.15) is 43.5 Å². The van der Waals surface area contributed by atoms with Crippen LogP contribution in [0.2, 0.25) is 0 Å². The van der Waals surface area contributed by atoms with Crippen LogP contribution in [0.4, 0.5) is 0 Å².